The first-order valence-electron chi connectivity index (χ1n) is 16.3. The van der Waals surface area contributed by atoms with E-state index in [1.165, 1.54) is 17.1 Å². The Labute approximate surface area is 270 Å². The van der Waals surface area contributed by atoms with Crippen LogP contribution in [-0.2, 0) is 43.1 Å². The summed E-state index contributed by atoms with van der Waals surface area (Å²) in [6.07, 6.45) is 3.37. The van der Waals surface area contributed by atoms with Crippen molar-refractivity contribution in [2.75, 3.05) is 19.8 Å². The third kappa shape index (κ3) is 6.98. The normalized spacial score (nSPS) is 31.8. The summed E-state index contributed by atoms with van der Waals surface area (Å²) in [5, 5.41) is 4.09. The lowest BCUT2D eigenvalue weighted by Gasteiger charge is -2.31. The predicted octanol–water partition coefficient (Wildman–Crippen LogP) is 4.14. The highest BCUT2D eigenvalue weighted by Gasteiger charge is 2.64. The second kappa shape index (κ2) is 13.4. The maximum absolute atomic E-state index is 14.1. The van der Waals surface area contributed by atoms with Crippen molar-refractivity contribution in [3.8, 4) is 0 Å². The Balaban J connectivity index is 1.42. The number of rotatable bonds is 5. The molecule has 1 saturated carbocycles. The zero-order valence-electron chi connectivity index (χ0n) is 27.2. The number of hydrogen-bond donors (Lipinski definition) is 3. The molecule has 252 valence electrons. The van der Waals surface area contributed by atoms with Gasteiger partial charge < -0.3 is 29.9 Å². The van der Waals surface area contributed by atoms with Gasteiger partial charge >= 0.3 is 12.2 Å². The summed E-state index contributed by atoms with van der Waals surface area (Å²) in [6, 6.07) is 4.00. The number of carbonyl (C=O) groups excluding carboxylic acids is 4. The van der Waals surface area contributed by atoms with E-state index >= 15 is 0 Å². The monoisotopic (exact) mass is 658 g/mol. The average Bonchev–Trinajstić information content (AvgIpc) is 3.32. The van der Waals surface area contributed by atoms with Crippen molar-refractivity contribution in [1.82, 2.24) is 20.4 Å². The van der Waals surface area contributed by atoms with Crippen molar-refractivity contribution in [2.45, 2.75) is 95.9 Å². The van der Waals surface area contributed by atoms with Crippen molar-refractivity contribution >= 4 is 31.4 Å². The Kier molecular flexibility index (Phi) is 9.89. The predicted molar refractivity (Wildman–Crippen MR) is 171 cm³/mol. The number of cyclic esters (lactones) is 1. The largest absolute Gasteiger partial charge is 0.449 e. The molecular formula is C33H47N4O8P. The summed E-state index contributed by atoms with van der Waals surface area (Å²) in [6.45, 7) is 11.5. The molecule has 46 heavy (non-hydrogen) atoms. The van der Waals surface area contributed by atoms with Gasteiger partial charge in [0.15, 0.2) is 0 Å². The van der Waals surface area contributed by atoms with Crippen LogP contribution in [0.3, 0.4) is 0 Å². The molecule has 12 nitrogen and oxygen atoms in total. The summed E-state index contributed by atoms with van der Waals surface area (Å²) in [5.41, 5.74) is 3.40. The van der Waals surface area contributed by atoms with Gasteiger partial charge in [-0.15, -0.1) is 6.58 Å². The molecule has 5 rings (SSSR count). The number of alkyl carbamates (subject to hydrolysis) is 1. The molecule has 13 heteroatoms. The summed E-state index contributed by atoms with van der Waals surface area (Å²) < 4.78 is 24.3. The molecular weight excluding hydrogens is 611 g/mol. The van der Waals surface area contributed by atoms with Gasteiger partial charge in [0.05, 0.1) is 13.2 Å². The van der Waals surface area contributed by atoms with Gasteiger partial charge in [-0.2, -0.15) is 0 Å². The van der Waals surface area contributed by atoms with Gasteiger partial charge in [-0.3, -0.25) is 19.1 Å². The van der Waals surface area contributed by atoms with E-state index in [0.717, 1.165) is 36.8 Å². The second-order valence-corrected chi connectivity index (χ2v) is 16.4. The molecule has 1 unspecified atom stereocenters. The number of ether oxygens (including phenoxy) is 2. The molecule has 0 radical (unpaired) electrons. The van der Waals surface area contributed by atoms with Gasteiger partial charge in [0, 0.05) is 32.1 Å². The van der Waals surface area contributed by atoms with Crippen molar-refractivity contribution in [3.05, 3.63) is 47.5 Å². The van der Waals surface area contributed by atoms with Gasteiger partial charge in [0.1, 0.15) is 23.5 Å². The van der Waals surface area contributed by atoms with Gasteiger partial charge in [0.25, 0.3) is 0 Å². The summed E-state index contributed by atoms with van der Waals surface area (Å²) in [5.74, 6) is -1.77. The summed E-state index contributed by atoms with van der Waals surface area (Å²) in [4.78, 5) is 67.7. The molecule has 1 aromatic carbocycles. The molecule has 7 atom stereocenters. The Morgan fingerprint density at radius 3 is 2.63 bits per heavy atom. The van der Waals surface area contributed by atoms with E-state index in [1.807, 2.05) is 19.1 Å². The second-order valence-electron chi connectivity index (χ2n) is 13.8. The van der Waals surface area contributed by atoms with E-state index in [-0.39, 0.29) is 37.8 Å². The molecule has 4 bridgehead atoms. The third-order valence-electron chi connectivity index (χ3n) is 9.90. The Morgan fingerprint density at radius 2 is 1.96 bits per heavy atom. The molecule has 1 saturated heterocycles. The van der Waals surface area contributed by atoms with Gasteiger partial charge in [-0.25, -0.2) is 9.59 Å². The topological polar surface area (TPSA) is 155 Å². The quantitative estimate of drug-likeness (QED) is 0.315. The van der Waals surface area contributed by atoms with E-state index in [1.54, 1.807) is 24.8 Å². The van der Waals surface area contributed by atoms with Crippen LogP contribution in [-0.4, -0.2) is 82.0 Å². The fraction of sp³-hybridized carbons (Fsp3) is 0.636. The van der Waals surface area contributed by atoms with Crippen LogP contribution in [0.1, 0.15) is 69.6 Å². The Hall–Kier alpha value is -3.37. The minimum atomic E-state index is -3.80. The zero-order valence-corrected chi connectivity index (χ0v) is 28.1. The van der Waals surface area contributed by atoms with E-state index < -0.39 is 60.8 Å². The SMILES string of the molecule is C=C[C@H]1C[C@@]1(NC(=O)[C@@H]1C[C@@H]2CN1C(=O)[C@H](C(C)C)NC(=O)OC[C@@H](C)CCCCc1cccc3c1CN(C3)C(=O)O2)P(C)(=O)O. The first-order valence-corrected chi connectivity index (χ1v) is 18.4. The highest BCUT2D eigenvalue weighted by atomic mass is 31.2. The van der Waals surface area contributed by atoms with Crippen LogP contribution in [0.25, 0.3) is 0 Å². The maximum Gasteiger partial charge on any atom is 0.410 e. The van der Waals surface area contributed by atoms with Crippen molar-refractivity contribution in [3.63, 3.8) is 0 Å². The lowest BCUT2D eigenvalue weighted by atomic mass is 9.97. The van der Waals surface area contributed by atoms with Crippen LogP contribution in [0.2, 0.25) is 0 Å². The Bertz CT molecular complexity index is 1430. The van der Waals surface area contributed by atoms with Crippen molar-refractivity contribution in [1.29, 1.82) is 0 Å². The lowest BCUT2D eigenvalue weighted by molar-refractivity contribution is -0.141. The minimum Gasteiger partial charge on any atom is -0.449 e. The molecule has 4 amide bonds. The molecule has 0 aromatic heterocycles. The fourth-order valence-electron chi connectivity index (χ4n) is 6.99. The molecule has 2 fully saturated rings. The van der Waals surface area contributed by atoms with Gasteiger partial charge in [0.2, 0.25) is 19.2 Å². The fourth-order valence-corrected chi connectivity index (χ4v) is 8.57. The van der Waals surface area contributed by atoms with Crippen LogP contribution in [0.4, 0.5) is 9.59 Å². The third-order valence-corrected chi connectivity index (χ3v) is 12.0. The smallest absolute Gasteiger partial charge is 0.410 e. The van der Waals surface area contributed by atoms with Crippen molar-refractivity contribution < 1.29 is 38.1 Å². The van der Waals surface area contributed by atoms with E-state index in [0.29, 0.717) is 13.1 Å². The van der Waals surface area contributed by atoms with Gasteiger partial charge in [-0.05, 0) is 54.2 Å². The number of hydrogen-bond acceptors (Lipinski definition) is 7. The standard InChI is InChI=1S/C33H47N4O8P/c1-6-24-15-33(24,46(5,42)43)35-29(38)27-14-25-17-37(27)30(39)28(20(2)3)34-31(40)44-19-21(4)10-7-8-11-22-12-9-13-23-16-36(18-26(22)23)32(41)45-25/h6,9,12-13,20-21,24-25,27-28H,1,7-8,10-11,14-19H2,2-5H3,(H,34,40)(H,35,38)(H,42,43)/t21-,24-,25+,27-,28-,33+/m0/s1. The number of fused-ring (bicyclic) bond motifs is 3. The molecule has 1 aliphatic carbocycles. The van der Waals surface area contributed by atoms with E-state index in [2.05, 4.69) is 23.3 Å². The molecule has 1 aromatic rings. The molecule has 4 aliphatic rings. The van der Waals surface area contributed by atoms with Crippen LogP contribution in [0.5, 0.6) is 0 Å². The average molecular weight is 659 g/mol. The first-order chi connectivity index (χ1) is 21.7. The minimum absolute atomic E-state index is 0.00356. The number of nitrogens with zero attached hydrogens (tertiary/aromatic N) is 2. The molecule has 3 heterocycles. The van der Waals surface area contributed by atoms with Gasteiger partial charge in [-0.1, -0.05) is 51.5 Å². The maximum atomic E-state index is 14.1. The summed E-state index contributed by atoms with van der Waals surface area (Å²) in [7, 11) is -3.80. The van der Waals surface area contributed by atoms with Crippen LogP contribution >= 0.6 is 7.37 Å². The lowest BCUT2D eigenvalue weighted by Crippen LogP contribution is -2.56. The van der Waals surface area contributed by atoms with Crippen LogP contribution in [0.15, 0.2) is 30.9 Å². The molecule has 3 N–H and O–H groups in total. The number of amides is 4. The number of nitrogens with one attached hydrogen (secondary N) is 2. The zero-order chi connectivity index (χ0) is 33.4. The molecule has 0 spiro atoms. The van der Waals surface area contributed by atoms with Crippen LogP contribution in [0, 0.1) is 17.8 Å². The molecule has 3 aliphatic heterocycles. The van der Waals surface area contributed by atoms with E-state index in [4.69, 9.17) is 9.47 Å². The first kappa shape index (κ1) is 34.0. The Morgan fingerprint density at radius 1 is 1.22 bits per heavy atom. The van der Waals surface area contributed by atoms with Crippen LogP contribution < -0.4 is 10.6 Å². The summed E-state index contributed by atoms with van der Waals surface area (Å²) >= 11 is 0. The van der Waals surface area contributed by atoms with Crippen molar-refractivity contribution in [2.24, 2.45) is 17.8 Å². The highest BCUT2D eigenvalue weighted by Crippen LogP contribution is 2.67. The number of benzene rings is 1. The number of carbonyl (C=O) groups is 4. The van der Waals surface area contributed by atoms with E-state index in [9.17, 15) is 28.6 Å². The number of aryl methyl sites for hydroxylation is 1. The highest BCUT2D eigenvalue weighted by molar-refractivity contribution is 7.59.